The summed E-state index contributed by atoms with van der Waals surface area (Å²) in [5.74, 6) is -6.85. The summed E-state index contributed by atoms with van der Waals surface area (Å²) in [5, 5.41) is 0.622. The van der Waals surface area contributed by atoms with Gasteiger partial charge >= 0.3 is 18.0 Å². The summed E-state index contributed by atoms with van der Waals surface area (Å²) in [6, 6.07) is 6.31. The van der Waals surface area contributed by atoms with Gasteiger partial charge in [0.25, 0.3) is 6.23 Å². The second kappa shape index (κ2) is 9.63. The van der Waals surface area contributed by atoms with Crippen LogP contribution in [-0.2, 0) is 28.6 Å². The summed E-state index contributed by atoms with van der Waals surface area (Å²) in [4.78, 5) is 41.8. The average Bonchev–Trinajstić information content (AvgIpc) is 3.12. The molecular formula is C24H20F4N2O7. The Morgan fingerprint density at radius 2 is 1.49 bits per heavy atom. The molecule has 3 aliphatic heterocycles. The van der Waals surface area contributed by atoms with Crippen LogP contribution in [0.5, 0.6) is 0 Å². The summed E-state index contributed by atoms with van der Waals surface area (Å²) >= 11 is 0. The highest BCUT2D eigenvalue weighted by atomic mass is 19.2. The molecule has 196 valence electrons. The Balaban J connectivity index is 1.23. The molecule has 3 fully saturated rings. The molecule has 13 heteroatoms. The van der Waals surface area contributed by atoms with Crippen molar-refractivity contribution in [2.45, 2.75) is 30.8 Å². The number of hydroxylamine groups is 2. The van der Waals surface area contributed by atoms with Gasteiger partial charge in [-0.3, -0.25) is 0 Å². The number of ether oxygens (including phenoxy) is 3. The van der Waals surface area contributed by atoms with Gasteiger partial charge < -0.3 is 23.9 Å². The Morgan fingerprint density at radius 3 is 2.05 bits per heavy atom. The molecule has 5 rings (SSSR count). The third-order valence-electron chi connectivity index (χ3n) is 6.59. The number of carbonyl (C=O) groups excluding carboxylic acids is 3. The predicted octanol–water partition coefficient (Wildman–Crippen LogP) is 2.98. The van der Waals surface area contributed by atoms with E-state index >= 15 is 0 Å². The van der Waals surface area contributed by atoms with Crippen molar-refractivity contribution in [2.75, 3.05) is 26.2 Å². The lowest BCUT2D eigenvalue weighted by Crippen LogP contribution is -2.57. The average molecular weight is 524 g/mol. The highest BCUT2D eigenvalue weighted by Crippen LogP contribution is 2.41. The van der Waals surface area contributed by atoms with Crippen LogP contribution >= 0.6 is 0 Å². The first-order chi connectivity index (χ1) is 17.7. The smallest absolute Gasteiger partial charge is 0.434 e. The van der Waals surface area contributed by atoms with E-state index < -0.39 is 59.2 Å². The molecule has 0 N–H and O–H groups in total. The molecule has 1 amide bonds. The van der Waals surface area contributed by atoms with Crippen LogP contribution in [-0.4, -0.2) is 66.1 Å². The van der Waals surface area contributed by atoms with Crippen LogP contribution in [0, 0.1) is 23.3 Å². The normalized spacial score (nSPS) is 21.2. The SMILES string of the molecule is O=C1OC2N(OC1=O)C(=O)OC21CCN(CCOC(c2ccc(F)c(F)c2)c2ccc(F)c(F)c2)CC1. The number of nitrogens with zero attached hydrogens (tertiary/aromatic N) is 2. The van der Waals surface area contributed by atoms with E-state index in [-0.39, 0.29) is 30.6 Å². The van der Waals surface area contributed by atoms with E-state index in [1.807, 2.05) is 4.90 Å². The van der Waals surface area contributed by atoms with Crippen LogP contribution in [0.3, 0.4) is 0 Å². The fourth-order valence-corrected chi connectivity index (χ4v) is 4.63. The van der Waals surface area contributed by atoms with Gasteiger partial charge in [-0.1, -0.05) is 17.2 Å². The Morgan fingerprint density at radius 1 is 0.892 bits per heavy atom. The van der Waals surface area contributed by atoms with Gasteiger partial charge in [0.05, 0.1) is 6.61 Å². The first kappa shape index (κ1) is 25.0. The molecule has 3 heterocycles. The minimum atomic E-state index is -1.31. The highest BCUT2D eigenvalue weighted by molar-refractivity contribution is 6.30. The predicted molar refractivity (Wildman–Crippen MR) is 113 cm³/mol. The van der Waals surface area contributed by atoms with Crippen LogP contribution in [0.4, 0.5) is 22.4 Å². The van der Waals surface area contributed by atoms with Gasteiger partial charge in [0.2, 0.25) is 0 Å². The summed E-state index contributed by atoms with van der Waals surface area (Å²) in [5.41, 5.74) is -0.742. The number of carbonyl (C=O) groups is 3. The summed E-state index contributed by atoms with van der Waals surface area (Å²) in [7, 11) is 0. The zero-order valence-electron chi connectivity index (χ0n) is 19.1. The number of hydrogen-bond donors (Lipinski definition) is 0. The van der Waals surface area contributed by atoms with E-state index in [1.54, 1.807) is 0 Å². The molecule has 1 atom stereocenters. The fraction of sp³-hybridized carbons (Fsp3) is 0.375. The van der Waals surface area contributed by atoms with Gasteiger partial charge in [0.15, 0.2) is 28.9 Å². The van der Waals surface area contributed by atoms with Crippen molar-refractivity contribution < 1.29 is 51.0 Å². The number of likely N-dealkylation sites (tertiary alicyclic amines) is 1. The lowest BCUT2D eigenvalue weighted by molar-refractivity contribution is -0.251. The van der Waals surface area contributed by atoms with E-state index in [1.165, 1.54) is 12.1 Å². The molecule has 0 aromatic heterocycles. The van der Waals surface area contributed by atoms with Crippen molar-refractivity contribution in [3.05, 3.63) is 70.8 Å². The van der Waals surface area contributed by atoms with Crippen LogP contribution in [0.25, 0.3) is 0 Å². The summed E-state index contributed by atoms with van der Waals surface area (Å²) in [6.45, 7) is 1.23. The number of piperidine rings is 1. The first-order valence-corrected chi connectivity index (χ1v) is 11.4. The molecule has 3 saturated heterocycles. The Labute approximate surface area is 207 Å². The molecule has 2 aromatic rings. The lowest BCUT2D eigenvalue weighted by Gasteiger charge is -2.40. The maximum Gasteiger partial charge on any atom is 0.447 e. The van der Waals surface area contributed by atoms with Crippen LogP contribution in [0.15, 0.2) is 36.4 Å². The van der Waals surface area contributed by atoms with Crippen molar-refractivity contribution in [3.8, 4) is 0 Å². The van der Waals surface area contributed by atoms with E-state index in [2.05, 4.69) is 0 Å². The van der Waals surface area contributed by atoms with Crippen molar-refractivity contribution in [1.82, 2.24) is 9.96 Å². The number of hydrogen-bond acceptors (Lipinski definition) is 8. The van der Waals surface area contributed by atoms with Crippen LogP contribution in [0.2, 0.25) is 0 Å². The molecule has 0 saturated carbocycles. The Bertz CT molecular complexity index is 1200. The number of amides is 1. The largest absolute Gasteiger partial charge is 0.447 e. The number of benzene rings is 2. The van der Waals surface area contributed by atoms with Crippen molar-refractivity contribution in [2.24, 2.45) is 0 Å². The van der Waals surface area contributed by atoms with Crippen molar-refractivity contribution >= 4 is 18.0 Å². The second-order valence-electron chi connectivity index (χ2n) is 8.83. The Kier molecular flexibility index (Phi) is 6.50. The second-order valence-corrected chi connectivity index (χ2v) is 8.83. The van der Waals surface area contributed by atoms with Gasteiger partial charge in [-0.05, 0) is 35.4 Å². The summed E-state index contributed by atoms with van der Waals surface area (Å²) in [6.07, 6.45) is -2.58. The zero-order chi connectivity index (χ0) is 26.3. The Hall–Kier alpha value is -3.71. The van der Waals surface area contributed by atoms with Gasteiger partial charge in [-0.2, -0.15) is 0 Å². The lowest BCUT2D eigenvalue weighted by atomic mass is 9.89. The first-order valence-electron chi connectivity index (χ1n) is 11.4. The number of halogens is 4. The highest BCUT2D eigenvalue weighted by Gasteiger charge is 2.62. The van der Waals surface area contributed by atoms with Crippen molar-refractivity contribution in [1.29, 1.82) is 0 Å². The van der Waals surface area contributed by atoms with Gasteiger partial charge in [-0.25, -0.2) is 31.9 Å². The molecule has 0 radical (unpaired) electrons. The van der Waals surface area contributed by atoms with E-state index in [0.29, 0.717) is 24.7 Å². The number of fused-ring (bicyclic) bond motifs is 2. The molecular weight excluding hydrogens is 504 g/mol. The van der Waals surface area contributed by atoms with Gasteiger partial charge in [0.1, 0.15) is 6.10 Å². The molecule has 1 spiro atoms. The van der Waals surface area contributed by atoms with Crippen molar-refractivity contribution in [3.63, 3.8) is 0 Å². The van der Waals surface area contributed by atoms with Crippen LogP contribution < -0.4 is 0 Å². The standard InChI is InChI=1S/C24H20F4N2O7/c25-15-3-1-13(11-17(15)27)19(14-2-4-16(26)18(28)12-14)34-10-9-29-7-5-24(6-8-29)22-30(23(33)36-24)37-21(32)20(31)35-22/h1-4,11-12,19,22H,5-10H2. The molecule has 0 bridgehead atoms. The van der Waals surface area contributed by atoms with E-state index in [9.17, 15) is 31.9 Å². The minimum Gasteiger partial charge on any atom is -0.434 e. The summed E-state index contributed by atoms with van der Waals surface area (Å²) < 4.78 is 71.1. The molecule has 0 aliphatic carbocycles. The topological polar surface area (TPSA) is 94.6 Å². The maximum atomic E-state index is 13.9. The molecule has 37 heavy (non-hydrogen) atoms. The fourth-order valence-electron chi connectivity index (χ4n) is 4.63. The monoisotopic (exact) mass is 524 g/mol. The number of esters is 1. The van der Waals surface area contributed by atoms with Crippen LogP contribution in [0.1, 0.15) is 30.1 Å². The van der Waals surface area contributed by atoms with Gasteiger partial charge in [0, 0.05) is 32.5 Å². The molecule has 3 aliphatic rings. The van der Waals surface area contributed by atoms with Gasteiger partial charge in [-0.15, -0.1) is 0 Å². The zero-order valence-corrected chi connectivity index (χ0v) is 19.1. The maximum absolute atomic E-state index is 13.9. The third kappa shape index (κ3) is 4.71. The molecule has 9 nitrogen and oxygen atoms in total. The molecule has 2 aromatic carbocycles. The van der Waals surface area contributed by atoms with E-state index in [4.69, 9.17) is 19.0 Å². The third-order valence-corrected chi connectivity index (χ3v) is 6.59. The van der Waals surface area contributed by atoms with E-state index in [0.717, 1.165) is 24.3 Å². The quantitative estimate of drug-likeness (QED) is 0.324. The number of rotatable bonds is 6. The minimum absolute atomic E-state index is 0.0810. The molecule has 1 unspecified atom stereocenters.